The summed E-state index contributed by atoms with van der Waals surface area (Å²) in [4.78, 5) is 38.1. The monoisotopic (exact) mass is 470 g/mol. The average molecular weight is 471 g/mol. The van der Waals surface area contributed by atoms with E-state index in [4.69, 9.17) is 18.9 Å². The van der Waals surface area contributed by atoms with Crippen LogP contribution in [0.25, 0.3) is 0 Å². The van der Waals surface area contributed by atoms with Gasteiger partial charge in [-0.25, -0.2) is 14.4 Å². The highest BCUT2D eigenvalue weighted by Crippen LogP contribution is 2.34. The summed E-state index contributed by atoms with van der Waals surface area (Å²) in [5, 5.41) is 2.64. The smallest absolute Gasteiger partial charge is 0.412 e. The Morgan fingerprint density at radius 2 is 1.79 bits per heavy atom. The van der Waals surface area contributed by atoms with Gasteiger partial charge in [0.05, 0.1) is 32.1 Å². The summed E-state index contributed by atoms with van der Waals surface area (Å²) in [6.45, 7) is 5.16. The molecule has 1 aliphatic heterocycles. The maximum atomic E-state index is 12.4. The molecule has 1 N–H and O–H groups in total. The predicted molar refractivity (Wildman–Crippen MR) is 108 cm³/mol. The number of amides is 1. The molecule has 0 unspecified atom stereocenters. The van der Waals surface area contributed by atoms with Crippen molar-refractivity contribution >= 4 is 45.3 Å². The van der Waals surface area contributed by atoms with Gasteiger partial charge in [0.15, 0.2) is 0 Å². The number of carbonyl (C=O) groups excluding carboxylic acids is 3. The van der Waals surface area contributed by atoms with Gasteiger partial charge in [0.1, 0.15) is 18.0 Å². The fourth-order valence-corrected chi connectivity index (χ4v) is 3.01. The molecule has 1 amide bonds. The van der Waals surface area contributed by atoms with E-state index in [1.165, 1.54) is 19.1 Å². The van der Waals surface area contributed by atoms with E-state index in [0.717, 1.165) is 0 Å². The number of benzene rings is 1. The molecule has 0 saturated carbocycles. The van der Waals surface area contributed by atoms with Crippen molar-refractivity contribution in [3.63, 3.8) is 0 Å². The molecule has 0 aromatic heterocycles. The first-order valence-electron chi connectivity index (χ1n) is 8.62. The van der Waals surface area contributed by atoms with Crippen LogP contribution in [-0.2, 0) is 28.5 Å². The number of carbonyl (C=O) groups is 3. The van der Waals surface area contributed by atoms with Crippen LogP contribution in [0, 0.1) is 0 Å². The molecule has 158 valence electrons. The number of nitrogens with zero attached hydrogens (tertiary/aromatic N) is 1. The predicted octanol–water partition coefficient (Wildman–Crippen LogP) is 3.19. The van der Waals surface area contributed by atoms with Crippen molar-refractivity contribution in [2.75, 3.05) is 37.8 Å². The van der Waals surface area contributed by atoms with E-state index in [2.05, 4.69) is 21.2 Å². The highest BCUT2D eigenvalue weighted by molar-refractivity contribution is 9.10. The number of methoxy groups -OCH3 is 2. The van der Waals surface area contributed by atoms with Gasteiger partial charge in [-0.05, 0) is 54.9 Å². The second kappa shape index (κ2) is 9.27. The molecule has 0 spiro atoms. The first-order valence-corrected chi connectivity index (χ1v) is 9.41. The normalized spacial score (nSPS) is 14.3. The van der Waals surface area contributed by atoms with Crippen molar-refractivity contribution in [2.45, 2.75) is 26.4 Å². The summed E-state index contributed by atoms with van der Waals surface area (Å²) >= 11 is 3.42. The van der Waals surface area contributed by atoms with E-state index in [-0.39, 0.29) is 24.6 Å². The molecule has 0 radical (unpaired) electrons. The van der Waals surface area contributed by atoms with Gasteiger partial charge in [-0.1, -0.05) is 0 Å². The van der Waals surface area contributed by atoms with Crippen molar-refractivity contribution in [3.8, 4) is 0 Å². The van der Waals surface area contributed by atoms with E-state index < -0.39 is 23.6 Å². The lowest BCUT2D eigenvalue weighted by Crippen LogP contribution is -2.39. The highest BCUT2D eigenvalue weighted by atomic mass is 79.9. The van der Waals surface area contributed by atoms with E-state index in [9.17, 15) is 14.4 Å². The summed E-state index contributed by atoms with van der Waals surface area (Å²) in [5.41, 5.74) is 0.273. The third-order valence-electron chi connectivity index (χ3n) is 3.72. The minimum atomic E-state index is -0.717. The molecular weight excluding hydrogens is 448 g/mol. The highest BCUT2D eigenvalue weighted by Gasteiger charge is 2.33. The molecule has 1 aliphatic rings. The molecule has 0 aliphatic carbocycles. The third kappa shape index (κ3) is 5.70. The molecule has 2 rings (SSSR count). The number of nitrogens with one attached hydrogen (secondary N) is 1. The molecule has 29 heavy (non-hydrogen) atoms. The van der Waals surface area contributed by atoms with Crippen molar-refractivity contribution in [2.24, 2.45) is 0 Å². The van der Waals surface area contributed by atoms with E-state index in [0.29, 0.717) is 15.8 Å². The van der Waals surface area contributed by atoms with Crippen LogP contribution in [0.4, 0.5) is 16.2 Å². The zero-order valence-corrected chi connectivity index (χ0v) is 18.4. The number of halogens is 1. The Morgan fingerprint density at radius 1 is 1.14 bits per heavy atom. The van der Waals surface area contributed by atoms with Gasteiger partial charge in [-0.2, -0.15) is 0 Å². The summed E-state index contributed by atoms with van der Waals surface area (Å²) in [6, 6.07) is 4.95. The molecule has 0 atom stereocenters. The topological polar surface area (TPSA) is 103 Å². The van der Waals surface area contributed by atoms with Gasteiger partial charge in [-0.3, -0.25) is 5.32 Å². The van der Waals surface area contributed by atoms with Crippen molar-refractivity contribution in [1.82, 2.24) is 0 Å². The number of esters is 2. The lowest BCUT2D eigenvalue weighted by Gasteiger charge is -2.32. The van der Waals surface area contributed by atoms with Gasteiger partial charge in [0, 0.05) is 10.2 Å². The molecule has 1 heterocycles. The molecule has 0 bridgehead atoms. The summed E-state index contributed by atoms with van der Waals surface area (Å²) < 4.78 is 20.9. The Balaban J connectivity index is 2.44. The molecule has 0 saturated heterocycles. The lowest BCUT2D eigenvalue weighted by molar-refractivity contribution is -0.140. The van der Waals surface area contributed by atoms with Gasteiger partial charge < -0.3 is 23.8 Å². The van der Waals surface area contributed by atoms with Crippen LogP contribution in [-0.4, -0.2) is 51.2 Å². The van der Waals surface area contributed by atoms with Crippen LogP contribution in [0.15, 0.2) is 33.9 Å². The van der Waals surface area contributed by atoms with Gasteiger partial charge in [-0.15, -0.1) is 0 Å². The molecule has 9 nitrogen and oxygen atoms in total. The van der Waals surface area contributed by atoms with Gasteiger partial charge in [0.2, 0.25) is 0 Å². The standard InChI is InChI=1S/C19H23BrN2O7/c1-19(2,3)29-18(25)21-11-6-7-13(20)14(8-11)22-10-28-9-12(16(23)26-4)15(22)17(24)27-5/h6-8H,9-10H2,1-5H3,(H,21,25). The van der Waals surface area contributed by atoms with E-state index >= 15 is 0 Å². The van der Waals surface area contributed by atoms with Crippen LogP contribution < -0.4 is 10.2 Å². The molecule has 10 heteroatoms. The molecule has 1 aromatic rings. The zero-order chi connectivity index (χ0) is 21.8. The quantitative estimate of drug-likeness (QED) is 0.528. The van der Waals surface area contributed by atoms with E-state index in [1.807, 2.05) is 0 Å². The fourth-order valence-electron chi connectivity index (χ4n) is 2.55. The van der Waals surface area contributed by atoms with Gasteiger partial charge in [0.25, 0.3) is 0 Å². The summed E-state index contributed by atoms with van der Waals surface area (Å²) in [6.07, 6.45) is -0.625. The molecular formula is C19H23BrN2O7. The maximum Gasteiger partial charge on any atom is 0.412 e. The number of hydrogen-bond acceptors (Lipinski definition) is 8. The number of ether oxygens (including phenoxy) is 4. The first-order chi connectivity index (χ1) is 13.6. The van der Waals surface area contributed by atoms with Crippen LogP contribution in [0.3, 0.4) is 0 Å². The zero-order valence-electron chi connectivity index (χ0n) is 16.8. The van der Waals surface area contributed by atoms with Crippen LogP contribution in [0.5, 0.6) is 0 Å². The van der Waals surface area contributed by atoms with Crippen molar-refractivity contribution in [1.29, 1.82) is 0 Å². The Bertz CT molecular complexity index is 845. The third-order valence-corrected chi connectivity index (χ3v) is 4.39. The van der Waals surface area contributed by atoms with Gasteiger partial charge >= 0.3 is 18.0 Å². The SMILES string of the molecule is COC(=O)C1=C(C(=O)OC)N(c2cc(NC(=O)OC(C)(C)C)ccc2Br)COC1. The van der Waals surface area contributed by atoms with Crippen molar-refractivity contribution < 1.29 is 33.3 Å². The Labute approximate surface area is 177 Å². The van der Waals surface area contributed by atoms with E-state index in [1.54, 1.807) is 39.0 Å². The minimum Gasteiger partial charge on any atom is -0.466 e. The summed E-state index contributed by atoms with van der Waals surface area (Å²) in [7, 11) is 2.43. The lowest BCUT2D eigenvalue weighted by atomic mass is 10.1. The number of rotatable bonds is 4. The second-order valence-corrected chi connectivity index (χ2v) is 7.86. The van der Waals surface area contributed by atoms with Crippen LogP contribution >= 0.6 is 15.9 Å². The first kappa shape index (κ1) is 22.7. The Kier molecular flexibility index (Phi) is 7.26. The summed E-state index contributed by atoms with van der Waals surface area (Å²) in [5.74, 6) is -1.42. The Hall–Kier alpha value is -2.59. The van der Waals surface area contributed by atoms with Crippen molar-refractivity contribution in [3.05, 3.63) is 33.9 Å². The number of hydrogen-bond donors (Lipinski definition) is 1. The Morgan fingerprint density at radius 3 is 2.38 bits per heavy atom. The van der Waals surface area contributed by atoms with Crippen LogP contribution in [0.1, 0.15) is 20.8 Å². The minimum absolute atomic E-state index is 0.000665. The molecule has 0 fully saturated rings. The molecule has 1 aromatic carbocycles. The largest absolute Gasteiger partial charge is 0.466 e. The number of anilines is 2. The average Bonchev–Trinajstić information content (AvgIpc) is 2.66. The second-order valence-electron chi connectivity index (χ2n) is 7.01. The van der Waals surface area contributed by atoms with Crippen LogP contribution in [0.2, 0.25) is 0 Å². The maximum absolute atomic E-state index is 12.4. The fraction of sp³-hybridized carbons (Fsp3) is 0.421.